The molecule has 0 aliphatic carbocycles. The number of carbonyl (C=O) groups is 1. The molecule has 5 aromatic rings. The number of benzene rings is 3. The minimum absolute atomic E-state index is 0.0330. The maximum absolute atomic E-state index is 13.6. The molecule has 2 heterocycles. The van der Waals surface area contributed by atoms with Gasteiger partial charge in [-0.25, -0.2) is 9.67 Å². The predicted molar refractivity (Wildman–Crippen MR) is 152 cm³/mol. The molecule has 3 aromatic carbocycles. The molecule has 192 valence electrons. The minimum Gasteiger partial charge on any atom is -0.319 e. The number of hydrogen-bond acceptors (Lipinski definition) is 5. The van der Waals surface area contributed by atoms with Gasteiger partial charge in [0.15, 0.2) is 5.16 Å². The number of aromatic nitrogens is 4. The minimum atomic E-state index is -0.365. The quantitative estimate of drug-likeness (QED) is 0.260. The van der Waals surface area contributed by atoms with Crippen LogP contribution in [0.4, 0.5) is 5.69 Å². The SMILES string of the molecule is Cc1cccc(-n2c(SCC(=O)Nc3c(C)n(C)n(-c4ccccc4)c3=O)nc3ccccc3c2=O)c1C. The summed E-state index contributed by atoms with van der Waals surface area (Å²) in [5.41, 5.74) is 4.34. The third-order valence-corrected chi connectivity index (χ3v) is 7.65. The molecule has 0 fully saturated rings. The van der Waals surface area contributed by atoms with Gasteiger partial charge in [0, 0.05) is 7.05 Å². The maximum Gasteiger partial charge on any atom is 0.295 e. The molecule has 8 nitrogen and oxygen atoms in total. The zero-order valence-electron chi connectivity index (χ0n) is 21.6. The molecule has 0 saturated heterocycles. The third kappa shape index (κ3) is 4.45. The highest BCUT2D eigenvalue weighted by Gasteiger charge is 2.20. The van der Waals surface area contributed by atoms with Crippen LogP contribution in [-0.2, 0) is 11.8 Å². The monoisotopic (exact) mass is 525 g/mol. The Hall–Kier alpha value is -4.37. The molecular formula is C29H27N5O3S. The first-order valence-electron chi connectivity index (χ1n) is 12.1. The smallest absolute Gasteiger partial charge is 0.295 e. The Morgan fingerprint density at radius 2 is 1.61 bits per heavy atom. The number of thioether (sulfide) groups is 1. The van der Waals surface area contributed by atoms with Crippen LogP contribution in [0.2, 0.25) is 0 Å². The van der Waals surface area contributed by atoms with Crippen LogP contribution < -0.4 is 16.4 Å². The lowest BCUT2D eigenvalue weighted by Gasteiger charge is -2.16. The normalized spacial score (nSPS) is 11.2. The summed E-state index contributed by atoms with van der Waals surface area (Å²) in [4.78, 5) is 44.5. The Bertz CT molecular complexity index is 1800. The number of carbonyl (C=O) groups excluding carboxylic acids is 1. The lowest BCUT2D eigenvalue weighted by Crippen LogP contribution is -2.25. The van der Waals surface area contributed by atoms with Gasteiger partial charge in [0.05, 0.1) is 33.7 Å². The molecular weight excluding hydrogens is 498 g/mol. The fraction of sp³-hybridized carbons (Fsp3) is 0.172. The summed E-state index contributed by atoms with van der Waals surface area (Å²) < 4.78 is 4.80. The summed E-state index contributed by atoms with van der Waals surface area (Å²) in [5, 5.41) is 3.69. The van der Waals surface area contributed by atoms with E-state index >= 15 is 0 Å². The summed E-state index contributed by atoms with van der Waals surface area (Å²) >= 11 is 1.16. The standard InChI is InChI=1S/C29H27N5O3S/c1-18-11-10-16-24(19(18)2)33-27(36)22-14-8-9-15-23(22)30-29(33)38-17-25(35)31-26-20(3)32(4)34(28(26)37)21-12-6-5-7-13-21/h5-16H,17H2,1-4H3,(H,31,35). The molecule has 0 aliphatic heterocycles. The molecule has 1 amide bonds. The van der Waals surface area contributed by atoms with Crippen LogP contribution in [0.3, 0.4) is 0 Å². The molecule has 0 saturated carbocycles. The first-order chi connectivity index (χ1) is 18.3. The second-order valence-corrected chi connectivity index (χ2v) is 9.99. The fourth-order valence-electron chi connectivity index (χ4n) is 4.42. The zero-order valence-corrected chi connectivity index (χ0v) is 22.4. The average Bonchev–Trinajstić information content (AvgIpc) is 3.13. The van der Waals surface area contributed by atoms with Crippen molar-refractivity contribution in [1.29, 1.82) is 0 Å². The summed E-state index contributed by atoms with van der Waals surface area (Å²) in [6.45, 7) is 5.74. The number of anilines is 1. The van der Waals surface area contributed by atoms with Crippen LogP contribution in [0.5, 0.6) is 0 Å². The Balaban J connectivity index is 1.48. The third-order valence-electron chi connectivity index (χ3n) is 6.71. The van der Waals surface area contributed by atoms with Crippen molar-refractivity contribution in [2.24, 2.45) is 7.05 Å². The van der Waals surface area contributed by atoms with Crippen molar-refractivity contribution in [3.05, 3.63) is 110 Å². The van der Waals surface area contributed by atoms with Gasteiger partial charge in [-0.15, -0.1) is 0 Å². The van der Waals surface area contributed by atoms with Gasteiger partial charge >= 0.3 is 0 Å². The number of amides is 1. The number of fused-ring (bicyclic) bond motifs is 1. The van der Waals surface area contributed by atoms with E-state index in [1.807, 2.05) is 74.5 Å². The summed E-state index contributed by atoms with van der Waals surface area (Å²) in [7, 11) is 1.77. The van der Waals surface area contributed by atoms with Crippen LogP contribution in [0, 0.1) is 20.8 Å². The molecule has 0 radical (unpaired) electrons. The van der Waals surface area contributed by atoms with Gasteiger partial charge in [0.25, 0.3) is 11.1 Å². The number of para-hydroxylation sites is 2. The van der Waals surface area contributed by atoms with E-state index in [-0.39, 0.29) is 28.5 Å². The highest BCUT2D eigenvalue weighted by atomic mass is 32.2. The Morgan fingerprint density at radius 3 is 2.37 bits per heavy atom. The molecule has 9 heteroatoms. The topological polar surface area (TPSA) is 90.9 Å². The summed E-state index contributed by atoms with van der Waals surface area (Å²) in [5.74, 6) is -0.398. The Kier molecular flexibility index (Phi) is 6.77. The van der Waals surface area contributed by atoms with Crippen LogP contribution >= 0.6 is 11.8 Å². The predicted octanol–water partition coefficient (Wildman–Crippen LogP) is 4.53. The van der Waals surface area contributed by atoms with Gasteiger partial charge in [-0.1, -0.05) is 54.2 Å². The highest BCUT2D eigenvalue weighted by molar-refractivity contribution is 7.99. The molecule has 5 rings (SSSR count). The number of nitrogens with zero attached hydrogens (tertiary/aromatic N) is 4. The van der Waals surface area contributed by atoms with E-state index < -0.39 is 0 Å². The van der Waals surface area contributed by atoms with E-state index in [0.29, 0.717) is 27.4 Å². The molecule has 2 aromatic heterocycles. The van der Waals surface area contributed by atoms with Crippen molar-refractivity contribution in [2.75, 3.05) is 11.1 Å². The van der Waals surface area contributed by atoms with E-state index in [1.165, 1.54) is 4.68 Å². The van der Waals surface area contributed by atoms with Crippen LogP contribution in [0.15, 0.2) is 87.5 Å². The highest BCUT2D eigenvalue weighted by Crippen LogP contribution is 2.25. The van der Waals surface area contributed by atoms with Gasteiger partial charge in [-0.3, -0.25) is 23.6 Å². The fourth-order valence-corrected chi connectivity index (χ4v) is 5.22. The first-order valence-corrected chi connectivity index (χ1v) is 13.1. The zero-order chi connectivity index (χ0) is 27.0. The average molecular weight is 526 g/mol. The number of aryl methyl sites for hydroxylation is 1. The largest absolute Gasteiger partial charge is 0.319 e. The van der Waals surface area contributed by atoms with Crippen molar-refractivity contribution in [3.8, 4) is 11.4 Å². The van der Waals surface area contributed by atoms with Gasteiger partial charge in [0.1, 0.15) is 5.69 Å². The van der Waals surface area contributed by atoms with E-state index in [0.717, 1.165) is 28.6 Å². The van der Waals surface area contributed by atoms with Crippen LogP contribution in [0.1, 0.15) is 16.8 Å². The second-order valence-electron chi connectivity index (χ2n) is 9.04. The molecule has 0 unspecified atom stereocenters. The number of rotatable bonds is 6. The molecule has 0 bridgehead atoms. The number of nitrogens with one attached hydrogen (secondary N) is 1. The number of hydrogen-bond donors (Lipinski definition) is 1. The molecule has 38 heavy (non-hydrogen) atoms. The Labute approximate surface area is 223 Å². The van der Waals surface area contributed by atoms with E-state index in [9.17, 15) is 14.4 Å². The van der Waals surface area contributed by atoms with Gasteiger partial charge in [-0.2, -0.15) is 0 Å². The van der Waals surface area contributed by atoms with Crippen LogP contribution in [0.25, 0.3) is 22.3 Å². The molecule has 0 spiro atoms. The van der Waals surface area contributed by atoms with Crippen molar-refractivity contribution in [3.63, 3.8) is 0 Å². The molecule has 0 aliphatic rings. The van der Waals surface area contributed by atoms with Crippen molar-refractivity contribution in [2.45, 2.75) is 25.9 Å². The lowest BCUT2D eigenvalue weighted by atomic mass is 10.1. The lowest BCUT2D eigenvalue weighted by molar-refractivity contribution is -0.113. The first kappa shape index (κ1) is 25.3. The van der Waals surface area contributed by atoms with Gasteiger partial charge in [0.2, 0.25) is 5.91 Å². The van der Waals surface area contributed by atoms with E-state index in [2.05, 4.69) is 5.32 Å². The van der Waals surface area contributed by atoms with E-state index in [4.69, 9.17) is 4.98 Å². The summed E-state index contributed by atoms with van der Waals surface area (Å²) in [6, 6.07) is 22.2. The van der Waals surface area contributed by atoms with Crippen LogP contribution in [-0.4, -0.2) is 30.6 Å². The van der Waals surface area contributed by atoms with Gasteiger partial charge in [-0.05, 0) is 62.2 Å². The second kappa shape index (κ2) is 10.2. The molecule has 0 atom stereocenters. The van der Waals surface area contributed by atoms with Crippen molar-refractivity contribution < 1.29 is 4.79 Å². The van der Waals surface area contributed by atoms with Crippen molar-refractivity contribution >= 4 is 34.3 Å². The van der Waals surface area contributed by atoms with Gasteiger partial charge < -0.3 is 5.32 Å². The molecule has 1 N–H and O–H groups in total. The Morgan fingerprint density at radius 1 is 0.895 bits per heavy atom. The van der Waals surface area contributed by atoms with Crippen molar-refractivity contribution in [1.82, 2.24) is 18.9 Å². The van der Waals surface area contributed by atoms with E-state index in [1.54, 1.807) is 35.4 Å². The summed E-state index contributed by atoms with van der Waals surface area (Å²) in [6.07, 6.45) is 0. The maximum atomic E-state index is 13.6.